The van der Waals surface area contributed by atoms with Gasteiger partial charge in [-0.2, -0.15) is 0 Å². The topological polar surface area (TPSA) is 49.3 Å². The summed E-state index contributed by atoms with van der Waals surface area (Å²) in [7, 11) is 0. The lowest BCUT2D eigenvalue weighted by atomic mass is 10.2. The average molecular weight is 308 g/mol. The van der Waals surface area contributed by atoms with E-state index in [0.29, 0.717) is 10.8 Å². The van der Waals surface area contributed by atoms with Crippen molar-refractivity contribution in [3.05, 3.63) is 53.1 Å². The van der Waals surface area contributed by atoms with E-state index in [1.54, 1.807) is 36.4 Å². The number of nitrogens with one attached hydrogen (secondary N) is 1. The molecule has 0 unspecified atom stereocenters. The number of phenols is 1. The number of hydrogen-bond acceptors (Lipinski definition) is 3. The zero-order valence-corrected chi connectivity index (χ0v) is 12.5. The second-order valence-electron chi connectivity index (χ2n) is 4.29. The van der Waals surface area contributed by atoms with Crippen LogP contribution >= 0.6 is 23.4 Å². The van der Waals surface area contributed by atoms with Gasteiger partial charge in [0, 0.05) is 15.6 Å². The number of benzene rings is 2. The Morgan fingerprint density at radius 1 is 1.25 bits per heavy atom. The highest BCUT2D eigenvalue weighted by molar-refractivity contribution is 8.00. The first kappa shape index (κ1) is 14.8. The first-order valence-electron chi connectivity index (χ1n) is 6.02. The maximum absolute atomic E-state index is 11.9. The Bertz CT molecular complexity index is 614. The first-order valence-corrected chi connectivity index (χ1v) is 7.39. The molecule has 0 heterocycles. The highest BCUT2D eigenvalue weighted by atomic mass is 35.5. The van der Waals surface area contributed by atoms with Crippen molar-refractivity contribution in [1.82, 2.24) is 0 Å². The molecular weight excluding hydrogens is 294 g/mol. The Morgan fingerprint density at radius 2 is 1.95 bits per heavy atom. The van der Waals surface area contributed by atoms with Crippen LogP contribution in [0, 0.1) is 6.92 Å². The van der Waals surface area contributed by atoms with Crippen molar-refractivity contribution in [3.8, 4) is 5.75 Å². The molecule has 0 spiro atoms. The van der Waals surface area contributed by atoms with Gasteiger partial charge in [0.1, 0.15) is 5.75 Å². The molecule has 20 heavy (non-hydrogen) atoms. The second kappa shape index (κ2) is 6.68. The van der Waals surface area contributed by atoms with Crippen molar-refractivity contribution in [1.29, 1.82) is 0 Å². The molecule has 2 rings (SSSR count). The fraction of sp³-hybridized carbons (Fsp3) is 0.133. The Labute approximate surface area is 127 Å². The number of thioether (sulfide) groups is 1. The zero-order valence-electron chi connectivity index (χ0n) is 10.9. The smallest absolute Gasteiger partial charge is 0.234 e. The number of anilines is 1. The third-order valence-corrected chi connectivity index (χ3v) is 3.92. The summed E-state index contributed by atoms with van der Waals surface area (Å²) in [6.45, 7) is 1.90. The fourth-order valence-electron chi connectivity index (χ4n) is 1.64. The van der Waals surface area contributed by atoms with Crippen LogP contribution in [-0.4, -0.2) is 16.8 Å². The molecule has 104 valence electrons. The normalized spacial score (nSPS) is 10.3. The van der Waals surface area contributed by atoms with Gasteiger partial charge < -0.3 is 10.4 Å². The van der Waals surface area contributed by atoms with Crippen LogP contribution in [0.15, 0.2) is 47.4 Å². The van der Waals surface area contributed by atoms with Gasteiger partial charge >= 0.3 is 0 Å². The van der Waals surface area contributed by atoms with E-state index in [1.807, 2.05) is 13.0 Å². The Kier molecular flexibility index (Phi) is 4.93. The molecule has 0 radical (unpaired) electrons. The Balaban J connectivity index is 1.90. The number of amides is 1. The summed E-state index contributed by atoms with van der Waals surface area (Å²) < 4.78 is 0. The summed E-state index contributed by atoms with van der Waals surface area (Å²) in [5, 5.41) is 12.7. The van der Waals surface area contributed by atoms with Crippen LogP contribution in [0.1, 0.15) is 5.56 Å². The highest BCUT2D eigenvalue weighted by Crippen LogP contribution is 2.22. The van der Waals surface area contributed by atoms with Gasteiger partial charge in [0.25, 0.3) is 0 Å². The average Bonchev–Trinajstić information content (AvgIpc) is 2.41. The third kappa shape index (κ3) is 4.18. The molecule has 0 bridgehead atoms. The number of halogens is 1. The monoisotopic (exact) mass is 307 g/mol. The minimum absolute atomic E-state index is 0.0755. The SMILES string of the molecule is Cc1cc(Cl)ccc1NC(=O)CSc1ccc(O)cc1. The molecule has 3 nitrogen and oxygen atoms in total. The van der Waals surface area contributed by atoms with Gasteiger partial charge in [0.15, 0.2) is 0 Å². The summed E-state index contributed by atoms with van der Waals surface area (Å²) in [6, 6.07) is 12.1. The van der Waals surface area contributed by atoms with Crippen molar-refractivity contribution < 1.29 is 9.90 Å². The molecule has 2 aromatic carbocycles. The molecule has 0 aliphatic rings. The predicted molar refractivity (Wildman–Crippen MR) is 83.6 cm³/mol. The van der Waals surface area contributed by atoms with Crippen LogP contribution in [0.4, 0.5) is 5.69 Å². The first-order chi connectivity index (χ1) is 9.54. The van der Waals surface area contributed by atoms with E-state index in [1.165, 1.54) is 11.8 Å². The Morgan fingerprint density at radius 3 is 2.60 bits per heavy atom. The summed E-state index contributed by atoms with van der Waals surface area (Å²) in [6.07, 6.45) is 0. The molecule has 0 aromatic heterocycles. The quantitative estimate of drug-likeness (QED) is 0.837. The molecule has 1 amide bonds. The summed E-state index contributed by atoms with van der Waals surface area (Å²) >= 11 is 7.29. The van der Waals surface area contributed by atoms with Crippen molar-refractivity contribution in [2.75, 3.05) is 11.1 Å². The van der Waals surface area contributed by atoms with Gasteiger partial charge in [-0.3, -0.25) is 4.79 Å². The van der Waals surface area contributed by atoms with Crippen LogP contribution in [0.25, 0.3) is 0 Å². The van der Waals surface area contributed by atoms with Crippen LogP contribution in [-0.2, 0) is 4.79 Å². The van der Waals surface area contributed by atoms with E-state index in [4.69, 9.17) is 11.6 Å². The van der Waals surface area contributed by atoms with Gasteiger partial charge in [-0.1, -0.05) is 11.6 Å². The van der Waals surface area contributed by atoms with Crippen LogP contribution < -0.4 is 5.32 Å². The molecule has 0 aliphatic carbocycles. The molecule has 0 fully saturated rings. The van der Waals surface area contributed by atoms with E-state index < -0.39 is 0 Å². The van der Waals surface area contributed by atoms with Crippen molar-refractivity contribution in [2.45, 2.75) is 11.8 Å². The Hall–Kier alpha value is -1.65. The van der Waals surface area contributed by atoms with Gasteiger partial charge in [0.05, 0.1) is 5.75 Å². The largest absolute Gasteiger partial charge is 0.508 e. The fourth-order valence-corrected chi connectivity index (χ4v) is 2.57. The minimum Gasteiger partial charge on any atom is -0.508 e. The van der Waals surface area contributed by atoms with Crippen LogP contribution in [0.3, 0.4) is 0 Å². The molecule has 0 saturated carbocycles. The zero-order chi connectivity index (χ0) is 14.5. The van der Waals surface area contributed by atoms with Crippen LogP contribution in [0.5, 0.6) is 5.75 Å². The van der Waals surface area contributed by atoms with Gasteiger partial charge in [-0.05, 0) is 55.0 Å². The maximum atomic E-state index is 11.9. The molecule has 5 heteroatoms. The van der Waals surface area contributed by atoms with Gasteiger partial charge in [0.2, 0.25) is 5.91 Å². The third-order valence-electron chi connectivity index (χ3n) is 2.67. The number of aryl methyl sites for hydroxylation is 1. The highest BCUT2D eigenvalue weighted by Gasteiger charge is 2.06. The predicted octanol–water partition coefficient (Wildman–Crippen LogP) is 4.08. The molecule has 0 saturated heterocycles. The lowest BCUT2D eigenvalue weighted by molar-refractivity contribution is -0.113. The molecule has 0 atom stereocenters. The lowest BCUT2D eigenvalue weighted by Crippen LogP contribution is -2.14. The number of phenolic OH excluding ortho intramolecular Hbond substituents is 1. The minimum atomic E-state index is -0.0755. The van der Waals surface area contributed by atoms with E-state index in [-0.39, 0.29) is 11.7 Å². The number of aromatic hydroxyl groups is 1. The van der Waals surface area contributed by atoms with Crippen molar-refractivity contribution >= 4 is 35.0 Å². The number of rotatable bonds is 4. The standard InChI is InChI=1S/C15H14ClNO2S/c1-10-8-11(16)2-7-14(10)17-15(19)9-20-13-5-3-12(18)4-6-13/h2-8,18H,9H2,1H3,(H,17,19). The second-order valence-corrected chi connectivity index (χ2v) is 5.78. The molecule has 2 N–H and O–H groups in total. The summed E-state index contributed by atoms with van der Waals surface area (Å²) in [5.41, 5.74) is 1.70. The van der Waals surface area contributed by atoms with E-state index in [0.717, 1.165) is 16.1 Å². The summed E-state index contributed by atoms with van der Waals surface area (Å²) in [4.78, 5) is 12.8. The summed E-state index contributed by atoms with van der Waals surface area (Å²) in [5.74, 6) is 0.455. The molecular formula is C15H14ClNO2S. The van der Waals surface area contributed by atoms with E-state index in [2.05, 4.69) is 5.32 Å². The lowest BCUT2D eigenvalue weighted by Gasteiger charge is -2.08. The molecule has 0 aliphatic heterocycles. The van der Waals surface area contributed by atoms with Crippen molar-refractivity contribution in [3.63, 3.8) is 0 Å². The number of hydrogen-bond donors (Lipinski definition) is 2. The maximum Gasteiger partial charge on any atom is 0.234 e. The van der Waals surface area contributed by atoms with E-state index >= 15 is 0 Å². The van der Waals surface area contributed by atoms with Crippen LogP contribution in [0.2, 0.25) is 5.02 Å². The van der Waals surface area contributed by atoms with E-state index in [9.17, 15) is 9.90 Å². The molecule has 2 aromatic rings. The van der Waals surface area contributed by atoms with Gasteiger partial charge in [-0.15, -0.1) is 11.8 Å². The number of carbonyl (C=O) groups is 1. The van der Waals surface area contributed by atoms with Crippen molar-refractivity contribution in [2.24, 2.45) is 0 Å². The van der Waals surface area contributed by atoms with Gasteiger partial charge in [-0.25, -0.2) is 0 Å². The number of carbonyl (C=O) groups excluding carboxylic acids is 1.